The third-order valence-corrected chi connectivity index (χ3v) is 4.16. The van der Waals surface area contributed by atoms with Crippen LogP contribution >= 0.6 is 0 Å². The zero-order valence-corrected chi connectivity index (χ0v) is 14.1. The summed E-state index contributed by atoms with van der Waals surface area (Å²) in [6, 6.07) is 13.0. The monoisotopic (exact) mass is 350 g/mol. The Morgan fingerprint density at radius 2 is 2.04 bits per heavy atom. The van der Waals surface area contributed by atoms with Crippen molar-refractivity contribution in [1.29, 1.82) is 0 Å². The van der Waals surface area contributed by atoms with Crippen molar-refractivity contribution in [1.82, 2.24) is 10.3 Å². The van der Waals surface area contributed by atoms with Gasteiger partial charge in [0.2, 0.25) is 0 Å². The minimum Gasteiger partial charge on any atom is -0.486 e. The van der Waals surface area contributed by atoms with Crippen molar-refractivity contribution in [3.63, 3.8) is 0 Å². The number of rotatable bonds is 5. The molecule has 132 valence electrons. The zero-order chi connectivity index (χ0) is 17.8. The zero-order valence-electron chi connectivity index (χ0n) is 14.1. The van der Waals surface area contributed by atoms with E-state index in [1.807, 2.05) is 30.3 Å². The van der Waals surface area contributed by atoms with Crippen LogP contribution in [-0.4, -0.2) is 30.1 Å². The Kier molecular flexibility index (Phi) is 4.55. The summed E-state index contributed by atoms with van der Waals surface area (Å²) in [6.07, 6.45) is 5.36. The molecule has 0 spiro atoms. The molecular formula is C20H18N2O4. The second-order valence-corrected chi connectivity index (χ2v) is 5.99. The van der Waals surface area contributed by atoms with Crippen molar-refractivity contribution in [2.75, 3.05) is 13.2 Å². The molecule has 1 aliphatic heterocycles. The van der Waals surface area contributed by atoms with Crippen LogP contribution in [-0.2, 0) is 0 Å². The van der Waals surface area contributed by atoms with Crippen molar-refractivity contribution in [2.45, 2.75) is 12.5 Å². The van der Waals surface area contributed by atoms with Gasteiger partial charge in [-0.2, -0.15) is 0 Å². The number of nitrogens with zero attached hydrogens (tertiary/aromatic N) is 1. The first-order chi connectivity index (χ1) is 12.8. The number of benzene rings is 1. The lowest BCUT2D eigenvalue weighted by Gasteiger charge is -2.26. The molecule has 3 heterocycles. The van der Waals surface area contributed by atoms with Crippen LogP contribution in [0.4, 0.5) is 0 Å². The number of hydrogen-bond acceptors (Lipinski definition) is 5. The normalized spacial score (nSPS) is 15.5. The fraction of sp³-hybridized carbons (Fsp3) is 0.200. The van der Waals surface area contributed by atoms with Crippen LogP contribution in [0.2, 0.25) is 0 Å². The molecule has 6 nitrogen and oxygen atoms in total. The van der Waals surface area contributed by atoms with Crippen LogP contribution in [0.15, 0.2) is 65.6 Å². The first-order valence-corrected chi connectivity index (χ1v) is 8.45. The summed E-state index contributed by atoms with van der Waals surface area (Å²) in [5.41, 5.74) is 2.16. The number of carbonyl (C=O) groups excluding carboxylic acids is 1. The SMILES string of the molecule is O=C(NCCC1COc2ccccc2O1)c1ccc(-c2ccoc2)nc1. The number of amides is 1. The van der Waals surface area contributed by atoms with Crippen LogP contribution in [0.25, 0.3) is 11.3 Å². The lowest BCUT2D eigenvalue weighted by molar-refractivity contribution is 0.0812. The molecule has 1 unspecified atom stereocenters. The van der Waals surface area contributed by atoms with Gasteiger partial charge in [-0.15, -0.1) is 0 Å². The van der Waals surface area contributed by atoms with Gasteiger partial charge in [0.15, 0.2) is 11.5 Å². The second-order valence-electron chi connectivity index (χ2n) is 5.99. The molecule has 1 aromatic carbocycles. The number of para-hydroxylation sites is 2. The predicted molar refractivity (Wildman–Crippen MR) is 95.2 cm³/mol. The molecule has 1 amide bonds. The van der Waals surface area contributed by atoms with E-state index in [1.165, 1.54) is 0 Å². The molecule has 0 bridgehead atoms. The molecule has 1 N–H and O–H groups in total. The summed E-state index contributed by atoms with van der Waals surface area (Å²) in [5, 5.41) is 2.89. The Hall–Kier alpha value is -3.28. The molecule has 6 heteroatoms. The molecule has 2 aromatic heterocycles. The molecular weight excluding hydrogens is 332 g/mol. The summed E-state index contributed by atoms with van der Waals surface area (Å²) in [6.45, 7) is 0.979. The van der Waals surface area contributed by atoms with Gasteiger partial charge in [0, 0.05) is 24.7 Å². The van der Waals surface area contributed by atoms with E-state index in [0.717, 1.165) is 22.8 Å². The van der Waals surface area contributed by atoms with Crippen LogP contribution in [0, 0.1) is 0 Å². The highest BCUT2D eigenvalue weighted by atomic mass is 16.6. The van der Waals surface area contributed by atoms with Crippen molar-refractivity contribution < 1.29 is 18.7 Å². The third-order valence-electron chi connectivity index (χ3n) is 4.16. The molecule has 1 atom stereocenters. The first kappa shape index (κ1) is 16.2. The number of hydrogen-bond donors (Lipinski definition) is 1. The largest absolute Gasteiger partial charge is 0.486 e. The van der Waals surface area contributed by atoms with Crippen molar-refractivity contribution in [2.24, 2.45) is 0 Å². The number of nitrogens with one attached hydrogen (secondary N) is 1. The van der Waals surface area contributed by atoms with Gasteiger partial charge in [-0.25, -0.2) is 0 Å². The number of ether oxygens (including phenoxy) is 2. The average molecular weight is 350 g/mol. The molecule has 26 heavy (non-hydrogen) atoms. The van der Waals surface area contributed by atoms with Gasteiger partial charge in [0.25, 0.3) is 5.91 Å². The maximum atomic E-state index is 12.2. The van der Waals surface area contributed by atoms with E-state index in [2.05, 4.69) is 10.3 Å². The number of furan rings is 1. The highest BCUT2D eigenvalue weighted by Crippen LogP contribution is 2.31. The smallest absolute Gasteiger partial charge is 0.252 e. The van der Waals surface area contributed by atoms with E-state index in [0.29, 0.717) is 25.1 Å². The van der Waals surface area contributed by atoms with Crippen LogP contribution in [0.5, 0.6) is 11.5 Å². The third kappa shape index (κ3) is 3.54. The number of fused-ring (bicyclic) bond motifs is 1. The van der Waals surface area contributed by atoms with E-state index in [9.17, 15) is 4.79 Å². The highest BCUT2D eigenvalue weighted by Gasteiger charge is 2.20. The Balaban J connectivity index is 1.28. The van der Waals surface area contributed by atoms with Crippen molar-refractivity contribution >= 4 is 5.91 Å². The summed E-state index contributed by atoms with van der Waals surface area (Å²) < 4.78 is 16.6. The van der Waals surface area contributed by atoms with E-state index < -0.39 is 0 Å². The highest BCUT2D eigenvalue weighted by molar-refractivity contribution is 5.94. The Bertz CT molecular complexity index is 875. The minimum atomic E-state index is -0.159. The summed E-state index contributed by atoms with van der Waals surface area (Å²) in [7, 11) is 0. The maximum Gasteiger partial charge on any atom is 0.252 e. The second kappa shape index (κ2) is 7.31. The first-order valence-electron chi connectivity index (χ1n) is 8.45. The Labute approximate surface area is 150 Å². The summed E-state index contributed by atoms with van der Waals surface area (Å²) in [4.78, 5) is 16.5. The average Bonchev–Trinajstić information content (AvgIpc) is 3.23. The van der Waals surface area contributed by atoms with Gasteiger partial charge in [-0.3, -0.25) is 9.78 Å². The molecule has 0 radical (unpaired) electrons. The molecule has 0 saturated heterocycles. The molecule has 4 rings (SSSR count). The number of pyridine rings is 1. The molecule has 0 fully saturated rings. The van der Waals surface area contributed by atoms with Gasteiger partial charge in [0.05, 0.1) is 23.8 Å². The van der Waals surface area contributed by atoms with Gasteiger partial charge in [-0.05, 0) is 30.3 Å². The molecule has 0 saturated carbocycles. The lowest BCUT2D eigenvalue weighted by atomic mass is 10.2. The number of aromatic nitrogens is 1. The minimum absolute atomic E-state index is 0.0770. The molecule has 3 aromatic rings. The van der Waals surface area contributed by atoms with Gasteiger partial charge < -0.3 is 19.2 Å². The van der Waals surface area contributed by atoms with Crippen molar-refractivity contribution in [3.8, 4) is 22.8 Å². The van der Waals surface area contributed by atoms with Gasteiger partial charge >= 0.3 is 0 Å². The topological polar surface area (TPSA) is 73.6 Å². The van der Waals surface area contributed by atoms with Crippen LogP contribution < -0.4 is 14.8 Å². The van der Waals surface area contributed by atoms with E-state index in [4.69, 9.17) is 13.9 Å². The summed E-state index contributed by atoms with van der Waals surface area (Å²) >= 11 is 0. The Morgan fingerprint density at radius 3 is 2.81 bits per heavy atom. The van der Waals surface area contributed by atoms with Crippen LogP contribution in [0.1, 0.15) is 16.8 Å². The summed E-state index contributed by atoms with van der Waals surface area (Å²) in [5.74, 6) is 1.35. The standard InChI is InChI=1S/C20H18N2O4/c23-20(14-5-6-17(22-11-14)15-8-10-24-12-15)21-9-7-16-13-25-18-3-1-2-4-19(18)26-16/h1-6,8,10-12,16H,7,9,13H2,(H,21,23). The van der Waals surface area contributed by atoms with Crippen molar-refractivity contribution in [3.05, 3.63) is 66.8 Å². The molecule has 0 aliphatic carbocycles. The molecule has 1 aliphatic rings. The van der Waals surface area contributed by atoms with Crippen LogP contribution in [0.3, 0.4) is 0 Å². The van der Waals surface area contributed by atoms with E-state index >= 15 is 0 Å². The number of carbonyl (C=O) groups is 1. The van der Waals surface area contributed by atoms with Gasteiger partial charge in [0.1, 0.15) is 12.7 Å². The van der Waals surface area contributed by atoms with Gasteiger partial charge in [-0.1, -0.05) is 12.1 Å². The fourth-order valence-electron chi connectivity index (χ4n) is 2.76. The lowest BCUT2D eigenvalue weighted by Crippen LogP contribution is -2.34. The van der Waals surface area contributed by atoms with E-state index in [1.54, 1.807) is 30.9 Å². The Morgan fingerprint density at radius 1 is 1.15 bits per heavy atom. The van der Waals surface area contributed by atoms with E-state index in [-0.39, 0.29) is 12.0 Å². The maximum absolute atomic E-state index is 12.2. The fourth-order valence-corrected chi connectivity index (χ4v) is 2.76. The predicted octanol–water partition coefficient (Wildman–Crippen LogP) is 3.30. The quantitative estimate of drug-likeness (QED) is 0.764.